The highest BCUT2D eigenvalue weighted by molar-refractivity contribution is 6.08. The van der Waals surface area contributed by atoms with Crippen LogP contribution in [0.5, 0.6) is 0 Å². The fraction of sp³-hybridized carbons (Fsp3) is 0.308. The quantitative estimate of drug-likeness (QED) is 0.722. The number of benzene rings is 1. The summed E-state index contributed by atoms with van der Waals surface area (Å²) in [6.07, 6.45) is 0.373. The molecule has 2 heterocycles. The van der Waals surface area contributed by atoms with E-state index in [2.05, 4.69) is 10.6 Å². The smallest absolute Gasteiger partial charge is 0.322 e. The molecule has 4 amide bonds. The lowest BCUT2D eigenvalue weighted by Gasteiger charge is -2.21. The largest absolute Gasteiger partial charge is 0.336 e. The minimum atomic E-state index is -1.02. The Balaban J connectivity index is 1.77. The van der Waals surface area contributed by atoms with Crippen molar-refractivity contribution in [3.8, 4) is 0 Å². The van der Waals surface area contributed by atoms with E-state index in [1.54, 1.807) is 0 Å². The van der Waals surface area contributed by atoms with Gasteiger partial charge in [0.2, 0.25) is 0 Å². The van der Waals surface area contributed by atoms with Crippen LogP contribution >= 0.6 is 0 Å². The summed E-state index contributed by atoms with van der Waals surface area (Å²) < 4.78 is 12.8. The first-order valence-corrected chi connectivity index (χ1v) is 6.19. The first kappa shape index (κ1) is 12.6. The Morgan fingerprint density at radius 2 is 1.95 bits per heavy atom. The van der Waals surface area contributed by atoms with Crippen LogP contribution < -0.4 is 10.6 Å². The third kappa shape index (κ3) is 1.91. The highest BCUT2D eigenvalue weighted by Crippen LogP contribution is 2.25. The molecule has 2 aliphatic heterocycles. The Morgan fingerprint density at radius 3 is 2.55 bits per heavy atom. The van der Waals surface area contributed by atoms with Gasteiger partial charge in [0, 0.05) is 12.1 Å². The number of imide groups is 1. The topological polar surface area (TPSA) is 78.5 Å². The van der Waals surface area contributed by atoms with E-state index in [-0.39, 0.29) is 12.5 Å². The summed E-state index contributed by atoms with van der Waals surface area (Å²) >= 11 is 0. The number of nitrogens with zero attached hydrogens (tertiary/aromatic N) is 1. The first-order valence-electron chi connectivity index (χ1n) is 6.19. The molecule has 3 rings (SSSR count). The van der Waals surface area contributed by atoms with Gasteiger partial charge in [-0.15, -0.1) is 0 Å². The van der Waals surface area contributed by atoms with Crippen molar-refractivity contribution in [3.05, 3.63) is 35.6 Å². The van der Waals surface area contributed by atoms with Gasteiger partial charge in [-0.25, -0.2) is 9.18 Å². The fourth-order valence-electron chi connectivity index (χ4n) is 2.57. The van der Waals surface area contributed by atoms with Crippen LogP contribution in [0.4, 0.5) is 9.18 Å². The van der Waals surface area contributed by atoms with Crippen molar-refractivity contribution in [2.75, 3.05) is 13.1 Å². The molecule has 7 heteroatoms. The number of amides is 4. The van der Waals surface area contributed by atoms with Crippen molar-refractivity contribution in [1.29, 1.82) is 0 Å². The van der Waals surface area contributed by atoms with Crippen LogP contribution in [0.25, 0.3) is 0 Å². The van der Waals surface area contributed by atoms with E-state index in [9.17, 15) is 18.8 Å². The van der Waals surface area contributed by atoms with Crippen LogP contribution in [0.15, 0.2) is 24.3 Å². The van der Waals surface area contributed by atoms with Crippen LogP contribution in [-0.2, 0) is 4.79 Å². The average molecular weight is 277 g/mol. The third-order valence-electron chi connectivity index (χ3n) is 3.66. The lowest BCUT2D eigenvalue weighted by molar-refractivity contribution is -0.123. The van der Waals surface area contributed by atoms with Gasteiger partial charge >= 0.3 is 6.03 Å². The van der Waals surface area contributed by atoms with Crippen LogP contribution in [0, 0.1) is 5.82 Å². The third-order valence-corrected chi connectivity index (χ3v) is 3.66. The minimum absolute atomic E-state index is 0.126. The van der Waals surface area contributed by atoms with E-state index in [4.69, 9.17) is 0 Å². The molecule has 104 valence electrons. The molecule has 2 saturated heterocycles. The second kappa shape index (κ2) is 4.29. The molecule has 2 aliphatic rings. The molecule has 1 unspecified atom stereocenters. The standard InChI is InChI=1S/C13H12FN3O3/c14-9-3-1-8(2-4-9)10(18)17-6-5-13(7-17)11(19)15-12(20)16-13/h1-4H,5-7H2,(H2,15,16,19,20). The maximum atomic E-state index is 12.8. The first-order chi connectivity index (χ1) is 9.50. The molecular formula is C13H12FN3O3. The predicted octanol–water partition coefficient (Wildman–Crippen LogP) is 0.250. The van der Waals surface area contributed by atoms with Crippen LogP contribution in [-0.4, -0.2) is 41.4 Å². The maximum Gasteiger partial charge on any atom is 0.322 e. The van der Waals surface area contributed by atoms with E-state index in [0.717, 1.165) is 0 Å². The molecule has 0 radical (unpaired) electrons. The Morgan fingerprint density at radius 1 is 1.25 bits per heavy atom. The van der Waals surface area contributed by atoms with Gasteiger partial charge in [-0.1, -0.05) is 0 Å². The van der Waals surface area contributed by atoms with Crippen molar-refractivity contribution in [2.24, 2.45) is 0 Å². The number of halogens is 1. The van der Waals surface area contributed by atoms with Gasteiger partial charge in [-0.2, -0.15) is 0 Å². The molecule has 0 bridgehead atoms. The van der Waals surface area contributed by atoms with Crippen molar-refractivity contribution in [1.82, 2.24) is 15.5 Å². The summed E-state index contributed by atoms with van der Waals surface area (Å²) in [7, 11) is 0. The monoisotopic (exact) mass is 277 g/mol. The van der Waals surface area contributed by atoms with Gasteiger partial charge in [0.25, 0.3) is 11.8 Å². The van der Waals surface area contributed by atoms with Gasteiger partial charge in [0.15, 0.2) is 0 Å². The number of hydrogen-bond donors (Lipinski definition) is 2. The number of carbonyl (C=O) groups is 3. The fourth-order valence-corrected chi connectivity index (χ4v) is 2.57. The van der Waals surface area contributed by atoms with Crippen molar-refractivity contribution >= 4 is 17.8 Å². The molecule has 0 aliphatic carbocycles. The molecule has 0 saturated carbocycles. The highest BCUT2D eigenvalue weighted by atomic mass is 19.1. The molecule has 20 heavy (non-hydrogen) atoms. The lowest BCUT2D eigenvalue weighted by atomic mass is 9.99. The number of likely N-dealkylation sites (tertiary alicyclic amines) is 1. The Kier molecular flexibility index (Phi) is 2.70. The Labute approximate surface area is 113 Å². The molecule has 6 nitrogen and oxygen atoms in total. The van der Waals surface area contributed by atoms with Gasteiger partial charge in [0.05, 0.1) is 6.54 Å². The normalized spacial score (nSPS) is 24.9. The molecule has 2 N–H and O–H groups in total. The number of urea groups is 1. The van der Waals surface area contributed by atoms with E-state index in [0.29, 0.717) is 18.5 Å². The van der Waals surface area contributed by atoms with Gasteiger partial charge in [-0.05, 0) is 30.7 Å². The second-order valence-corrected chi connectivity index (χ2v) is 4.97. The van der Waals surface area contributed by atoms with Gasteiger partial charge in [0.1, 0.15) is 11.4 Å². The number of hydrogen-bond acceptors (Lipinski definition) is 3. The average Bonchev–Trinajstić information content (AvgIpc) is 2.95. The number of nitrogens with one attached hydrogen (secondary N) is 2. The van der Waals surface area contributed by atoms with Crippen molar-refractivity contribution < 1.29 is 18.8 Å². The zero-order valence-electron chi connectivity index (χ0n) is 10.5. The van der Waals surface area contributed by atoms with Crippen molar-refractivity contribution in [2.45, 2.75) is 12.0 Å². The van der Waals surface area contributed by atoms with E-state index >= 15 is 0 Å². The second-order valence-electron chi connectivity index (χ2n) is 4.97. The summed E-state index contributed by atoms with van der Waals surface area (Å²) in [4.78, 5) is 36.7. The molecule has 0 aromatic heterocycles. The van der Waals surface area contributed by atoms with Crippen LogP contribution in [0.2, 0.25) is 0 Å². The van der Waals surface area contributed by atoms with E-state index in [1.165, 1.54) is 29.2 Å². The predicted molar refractivity (Wildman–Crippen MR) is 66.3 cm³/mol. The zero-order chi connectivity index (χ0) is 14.3. The molecule has 1 atom stereocenters. The summed E-state index contributed by atoms with van der Waals surface area (Å²) in [5.74, 6) is -1.10. The van der Waals surface area contributed by atoms with Crippen molar-refractivity contribution in [3.63, 3.8) is 0 Å². The summed E-state index contributed by atoms with van der Waals surface area (Å²) in [5.41, 5.74) is -0.666. The lowest BCUT2D eigenvalue weighted by Crippen LogP contribution is -2.49. The molecular weight excluding hydrogens is 265 g/mol. The van der Waals surface area contributed by atoms with Gasteiger partial charge in [-0.3, -0.25) is 14.9 Å². The number of rotatable bonds is 1. The molecule has 1 aromatic carbocycles. The summed E-state index contributed by atoms with van der Waals surface area (Å²) in [6, 6.07) is 4.68. The molecule has 1 aromatic rings. The highest BCUT2D eigenvalue weighted by Gasteiger charge is 2.51. The summed E-state index contributed by atoms with van der Waals surface area (Å²) in [5, 5.41) is 4.75. The number of carbonyl (C=O) groups excluding carboxylic acids is 3. The SMILES string of the molecule is O=C1NC(=O)C2(CCN(C(=O)c3ccc(F)cc3)C2)N1. The van der Waals surface area contributed by atoms with Gasteiger partial charge < -0.3 is 10.2 Å². The van der Waals surface area contributed by atoms with E-state index < -0.39 is 23.3 Å². The Bertz CT molecular complexity index is 601. The van der Waals surface area contributed by atoms with Crippen LogP contribution in [0.1, 0.15) is 16.8 Å². The zero-order valence-corrected chi connectivity index (χ0v) is 10.5. The Hall–Kier alpha value is -2.44. The van der Waals surface area contributed by atoms with Crippen LogP contribution in [0.3, 0.4) is 0 Å². The summed E-state index contributed by atoms with van der Waals surface area (Å²) in [6.45, 7) is 0.491. The molecule has 1 spiro atoms. The van der Waals surface area contributed by atoms with E-state index in [1.807, 2.05) is 0 Å². The molecule has 2 fully saturated rings. The maximum absolute atomic E-state index is 12.8. The minimum Gasteiger partial charge on any atom is -0.336 e.